The molecular formula is C15H23NO. The first-order valence-electron chi connectivity index (χ1n) is 6.68. The molecule has 0 N–H and O–H groups in total. The van der Waals surface area contributed by atoms with E-state index in [0.29, 0.717) is 0 Å². The van der Waals surface area contributed by atoms with Crippen LogP contribution in [0.15, 0.2) is 30.6 Å². The second-order valence-electron chi connectivity index (χ2n) is 4.46. The van der Waals surface area contributed by atoms with E-state index in [1.165, 1.54) is 44.7 Å². The number of aromatic nitrogens is 1. The van der Waals surface area contributed by atoms with Crippen LogP contribution in [-0.4, -0.2) is 0 Å². The lowest BCUT2D eigenvalue weighted by molar-refractivity contribution is -0.605. The van der Waals surface area contributed by atoms with Crippen LogP contribution in [0.25, 0.3) is 6.08 Å². The van der Waals surface area contributed by atoms with Gasteiger partial charge in [-0.3, -0.25) is 0 Å². The van der Waals surface area contributed by atoms with Gasteiger partial charge in [0.2, 0.25) is 0 Å². The zero-order chi connectivity index (χ0) is 12.3. The van der Waals surface area contributed by atoms with Gasteiger partial charge in [0, 0.05) is 11.6 Å². The van der Waals surface area contributed by atoms with E-state index in [9.17, 15) is 5.21 Å². The summed E-state index contributed by atoms with van der Waals surface area (Å²) in [7, 11) is 0. The molecule has 0 spiro atoms. The van der Waals surface area contributed by atoms with E-state index in [2.05, 4.69) is 13.0 Å². The largest absolute Gasteiger partial charge is 0.619 e. The summed E-state index contributed by atoms with van der Waals surface area (Å²) >= 11 is 0. The standard InChI is InChI=1S/C15H23NO/c1-2-3-4-5-6-7-8-9-11-15-12-10-13-16(17)14-15/h9-14H,2-8H2,1H3. The molecule has 94 valence electrons. The zero-order valence-electron chi connectivity index (χ0n) is 10.8. The molecule has 0 saturated heterocycles. The van der Waals surface area contributed by atoms with E-state index in [1.807, 2.05) is 12.1 Å². The third-order valence-electron chi connectivity index (χ3n) is 2.83. The number of pyridine rings is 1. The summed E-state index contributed by atoms with van der Waals surface area (Å²) in [5.41, 5.74) is 0.980. The first kappa shape index (κ1) is 13.8. The summed E-state index contributed by atoms with van der Waals surface area (Å²) in [6.45, 7) is 2.24. The number of unbranched alkanes of at least 4 members (excludes halogenated alkanes) is 6. The minimum Gasteiger partial charge on any atom is -0.619 e. The van der Waals surface area contributed by atoms with Gasteiger partial charge in [0.25, 0.3) is 0 Å². The smallest absolute Gasteiger partial charge is 0.187 e. The molecule has 17 heavy (non-hydrogen) atoms. The molecular weight excluding hydrogens is 210 g/mol. The fourth-order valence-corrected chi connectivity index (χ4v) is 1.83. The van der Waals surface area contributed by atoms with E-state index < -0.39 is 0 Å². The van der Waals surface area contributed by atoms with Gasteiger partial charge in [0.1, 0.15) is 0 Å². The maximum atomic E-state index is 11.0. The van der Waals surface area contributed by atoms with Crippen LogP contribution in [0.2, 0.25) is 0 Å². The van der Waals surface area contributed by atoms with Gasteiger partial charge in [0.15, 0.2) is 12.4 Å². The molecule has 0 amide bonds. The van der Waals surface area contributed by atoms with E-state index in [4.69, 9.17) is 0 Å². The van der Waals surface area contributed by atoms with E-state index in [1.54, 1.807) is 12.3 Å². The molecule has 0 bridgehead atoms. The number of allylic oxidation sites excluding steroid dienone is 1. The van der Waals surface area contributed by atoms with Crippen LogP contribution in [0.3, 0.4) is 0 Å². The quantitative estimate of drug-likeness (QED) is 0.377. The molecule has 0 radical (unpaired) electrons. The lowest BCUT2D eigenvalue weighted by Crippen LogP contribution is -2.24. The Bertz CT molecular complexity index is 333. The van der Waals surface area contributed by atoms with Gasteiger partial charge >= 0.3 is 0 Å². The topological polar surface area (TPSA) is 26.9 Å². The maximum absolute atomic E-state index is 11.0. The van der Waals surface area contributed by atoms with Crippen molar-refractivity contribution < 1.29 is 4.73 Å². The summed E-state index contributed by atoms with van der Waals surface area (Å²) in [4.78, 5) is 0. The van der Waals surface area contributed by atoms with Crippen molar-refractivity contribution in [3.05, 3.63) is 41.4 Å². The van der Waals surface area contributed by atoms with Crippen LogP contribution >= 0.6 is 0 Å². The Kier molecular flexibility index (Phi) is 7.12. The molecule has 2 nitrogen and oxygen atoms in total. The second kappa shape index (κ2) is 8.80. The highest BCUT2D eigenvalue weighted by Gasteiger charge is 1.91. The highest BCUT2D eigenvalue weighted by atomic mass is 16.5. The van der Waals surface area contributed by atoms with Crippen molar-refractivity contribution in [3.8, 4) is 0 Å². The van der Waals surface area contributed by atoms with Gasteiger partial charge in [-0.15, -0.1) is 0 Å². The molecule has 0 saturated carbocycles. The summed E-state index contributed by atoms with van der Waals surface area (Å²) in [5.74, 6) is 0. The van der Waals surface area contributed by atoms with Crippen molar-refractivity contribution in [2.24, 2.45) is 0 Å². The SMILES string of the molecule is CCCCCCCCC=Cc1ccc[n+]([O-])c1. The Morgan fingerprint density at radius 1 is 1.18 bits per heavy atom. The highest BCUT2D eigenvalue weighted by Crippen LogP contribution is 2.08. The molecule has 0 unspecified atom stereocenters. The van der Waals surface area contributed by atoms with Crippen LogP contribution in [0.1, 0.15) is 57.4 Å². The van der Waals surface area contributed by atoms with Crippen molar-refractivity contribution in [1.29, 1.82) is 0 Å². The minimum absolute atomic E-state index is 0.838. The zero-order valence-corrected chi connectivity index (χ0v) is 10.8. The van der Waals surface area contributed by atoms with Gasteiger partial charge in [-0.1, -0.05) is 51.2 Å². The predicted octanol–water partition coefficient (Wildman–Crippen LogP) is 4.08. The fraction of sp³-hybridized carbons (Fsp3) is 0.533. The summed E-state index contributed by atoms with van der Waals surface area (Å²) in [6, 6.07) is 3.73. The van der Waals surface area contributed by atoms with Crippen LogP contribution in [0.5, 0.6) is 0 Å². The first-order valence-corrected chi connectivity index (χ1v) is 6.68. The number of nitrogens with zero attached hydrogens (tertiary/aromatic N) is 1. The van der Waals surface area contributed by atoms with Gasteiger partial charge in [-0.05, 0) is 18.9 Å². The molecule has 0 aromatic carbocycles. The molecule has 0 aliphatic rings. The highest BCUT2D eigenvalue weighted by molar-refractivity contribution is 5.46. The summed E-state index contributed by atoms with van der Waals surface area (Å²) in [5, 5.41) is 11.0. The Hall–Kier alpha value is -1.31. The van der Waals surface area contributed by atoms with Gasteiger partial charge in [-0.25, -0.2) is 0 Å². The van der Waals surface area contributed by atoms with Crippen molar-refractivity contribution in [1.82, 2.24) is 0 Å². The first-order chi connectivity index (χ1) is 8.33. The summed E-state index contributed by atoms with van der Waals surface area (Å²) < 4.78 is 0.838. The lowest BCUT2D eigenvalue weighted by Gasteiger charge is -1.98. The molecule has 1 heterocycles. The van der Waals surface area contributed by atoms with E-state index in [0.717, 1.165) is 16.7 Å². The average Bonchev–Trinajstić information content (AvgIpc) is 2.33. The Balaban J connectivity index is 2.10. The molecule has 1 aromatic rings. The monoisotopic (exact) mass is 233 g/mol. The Morgan fingerprint density at radius 3 is 2.71 bits per heavy atom. The van der Waals surface area contributed by atoms with Crippen molar-refractivity contribution in [2.45, 2.75) is 51.9 Å². The average molecular weight is 233 g/mol. The number of rotatable bonds is 8. The van der Waals surface area contributed by atoms with Crippen LogP contribution < -0.4 is 4.73 Å². The van der Waals surface area contributed by atoms with E-state index >= 15 is 0 Å². The summed E-state index contributed by atoms with van der Waals surface area (Å²) in [6.07, 6.45) is 16.4. The molecule has 2 heteroatoms. The van der Waals surface area contributed by atoms with Crippen LogP contribution in [-0.2, 0) is 0 Å². The fourth-order valence-electron chi connectivity index (χ4n) is 1.83. The number of hydrogen-bond acceptors (Lipinski definition) is 1. The Labute approximate surface area is 105 Å². The molecule has 1 rings (SSSR count). The minimum atomic E-state index is 0.838. The van der Waals surface area contributed by atoms with Gasteiger partial charge < -0.3 is 5.21 Å². The number of hydrogen-bond donors (Lipinski definition) is 0. The van der Waals surface area contributed by atoms with Gasteiger partial charge in [0.05, 0.1) is 0 Å². The van der Waals surface area contributed by atoms with Crippen molar-refractivity contribution in [2.75, 3.05) is 0 Å². The normalized spacial score (nSPS) is 11.1. The van der Waals surface area contributed by atoms with Crippen molar-refractivity contribution >= 4 is 6.08 Å². The third-order valence-corrected chi connectivity index (χ3v) is 2.83. The second-order valence-corrected chi connectivity index (χ2v) is 4.46. The third kappa shape index (κ3) is 6.77. The van der Waals surface area contributed by atoms with E-state index in [-0.39, 0.29) is 0 Å². The van der Waals surface area contributed by atoms with Crippen LogP contribution in [0.4, 0.5) is 0 Å². The molecule has 1 aromatic heterocycles. The maximum Gasteiger partial charge on any atom is 0.187 e. The van der Waals surface area contributed by atoms with Gasteiger partial charge in [-0.2, -0.15) is 4.73 Å². The molecule has 0 aliphatic carbocycles. The van der Waals surface area contributed by atoms with Crippen LogP contribution in [0, 0.1) is 5.21 Å². The molecule has 0 fully saturated rings. The lowest BCUT2D eigenvalue weighted by atomic mass is 10.1. The predicted molar refractivity (Wildman–Crippen MR) is 72.4 cm³/mol. The Morgan fingerprint density at radius 2 is 1.94 bits per heavy atom. The molecule has 0 aliphatic heterocycles. The van der Waals surface area contributed by atoms with Crippen molar-refractivity contribution in [3.63, 3.8) is 0 Å². The molecule has 0 atom stereocenters.